The standard InChI is InChI=1S/C24H22N4O2S/c1-15-22(18-8-2-3-9-19(18)25-15)20-14-31-24(26-20)27-23(30)17-7-4-6-16(12-17)13-28-11-5-10-21(28)29/h2-4,6-9,12,14,25H,5,10-11,13H2,1H3,(H,26,27,30). The Morgan fingerprint density at radius 2 is 2.10 bits per heavy atom. The van der Waals surface area contributed by atoms with Gasteiger partial charge in [0.05, 0.1) is 5.69 Å². The molecule has 7 heteroatoms. The molecule has 156 valence electrons. The Bertz CT molecular complexity index is 1290. The molecule has 0 unspecified atom stereocenters. The maximum absolute atomic E-state index is 12.8. The van der Waals surface area contributed by atoms with Crippen LogP contribution in [-0.2, 0) is 11.3 Å². The van der Waals surface area contributed by atoms with Gasteiger partial charge in [-0.05, 0) is 37.1 Å². The molecule has 6 nitrogen and oxygen atoms in total. The van der Waals surface area contributed by atoms with Crippen molar-refractivity contribution in [1.29, 1.82) is 0 Å². The Hall–Kier alpha value is -3.45. The number of benzene rings is 2. The van der Waals surface area contributed by atoms with Crippen LogP contribution < -0.4 is 5.32 Å². The number of hydrogen-bond acceptors (Lipinski definition) is 4. The van der Waals surface area contributed by atoms with Crippen molar-refractivity contribution < 1.29 is 9.59 Å². The fraction of sp³-hybridized carbons (Fsp3) is 0.208. The lowest BCUT2D eigenvalue weighted by molar-refractivity contribution is -0.128. The Labute approximate surface area is 183 Å². The summed E-state index contributed by atoms with van der Waals surface area (Å²) in [6, 6.07) is 15.6. The quantitative estimate of drug-likeness (QED) is 0.469. The average molecular weight is 431 g/mol. The number of anilines is 1. The molecule has 0 saturated carbocycles. The fourth-order valence-corrected chi connectivity index (χ4v) is 4.82. The van der Waals surface area contributed by atoms with Gasteiger partial charge in [0.1, 0.15) is 0 Å². The summed E-state index contributed by atoms with van der Waals surface area (Å²) in [6.07, 6.45) is 1.52. The van der Waals surface area contributed by atoms with Crippen molar-refractivity contribution in [3.8, 4) is 11.3 Å². The summed E-state index contributed by atoms with van der Waals surface area (Å²) < 4.78 is 0. The number of nitrogens with zero attached hydrogens (tertiary/aromatic N) is 2. The molecule has 0 spiro atoms. The van der Waals surface area contributed by atoms with Crippen molar-refractivity contribution in [3.05, 3.63) is 70.7 Å². The highest BCUT2D eigenvalue weighted by atomic mass is 32.1. The molecule has 0 aliphatic carbocycles. The second-order valence-corrected chi connectivity index (χ2v) is 8.64. The molecule has 31 heavy (non-hydrogen) atoms. The molecule has 0 bridgehead atoms. The molecular formula is C24H22N4O2S. The second-order valence-electron chi connectivity index (χ2n) is 7.78. The number of para-hydroxylation sites is 1. The summed E-state index contributed by atoms with van der Waals surface area (Å²) in [5.74, 6) is -0.0242. The van der Waals surface area contributed by atoms with Crippen LogP contribution in [0.2, 0.25) is 0 Å². The van der Waals surface area contributed by atoms with E-state index < -0.39 is 0 Å². The number of fused-ring (bicyclic) bond motifs is 1. The number of carbonyl (C=O) groups excluding carboxylic acids is 2. The van der Waals surface area contributed by atoms with E-state index in [4.69, 9.17) is 0 Å². The number of amides is 2. The SMILES string of the molecule is Cc1[nH]c2ccccc2c1-c1csc(NC(=O)c2cccc(CN3CCCC3=O)c2)n1. The van der Waals surface area contributed by atoms with E-state index in [1.54, 1.807) is 6.07 Å². The number of rotatable bonds is 5. The maximum Gasteiger partial charge on any atom is 0.257 e. The van der Waals surface area contributed by atoms with E-state index >= 15 is 0 Å². The minimum atomic E-state index is -0.203. The predicted molar refractivity (Wildman–Crippen MR) is 123 cm³/mol. The van der Waals surface area contributed by atoms with Gasteiger partial charge in [-0.25, -0.2) is 4.98 Å². The average Bonchev–Trinajstić information content (AvgIpc) is 3.47. The molecule has 0 radical (unpaired) electrons. The van der Waals surface area contributed by atoms with Gasteiger partial charge in [-0.15, -0.1) is 11.3 Å². The summed E-state index contributed by atoms with van der Waals surface area (Å²) >= 11 is 1.41. The number of aromatic nitrogens is 2. The number of likely N-dealkylation sites (tertiary alicyclic amines) is 1. The number of nitrogens with one attached hydrogen (secondary N) is 2. The number of aryl methyl sites for hydroxylation is 1. The third-order valence-corrected chi connectivity index (χ3v) is 6.37. The zero-order valence-corrected chi connectivity index (χ0v) is 18.0. The van der Waals surface area contributed by atoms with Gasteiger partial charge in [-0.1, -0.05) is 30.3 Å². The van der Waals surface area contributed by atoms with E-state index in [2.05, 4.69) is 21.4 Å². The number of carbonyl (C=O) groups is 2. The van der Waals surface area contributed by atoms with E-state index in [-0.39, 0.29) is 11.8 Å². The van der Waals surface area contributed by atoms with Crippen LogP contribution in [0.3, 0.4) is 0 Å². The first-order chi connectivity index (χ1) is 15.1. The summed E-state index contributed by atoms with van der Waals surface area (Å²) in [5.41, 5.74) is 5.54. The number of H-pyrrole nitrogens is 1. The van der Waals surface area contributed by atoms with Crippen LogP contribution in [0.1, 0.15) is 34.5 Å². The van der Waals surface area contributed by atoms with Gasteiger partial charge in [-0.2, -0.15) is 0 Å². The van der Waals surface area contributed by atoms with Gasteiger partial charge in [0, 0.05) is 52.6 Å². The van der Waals surface area contributed by atoms with E-state index in [1.807, 2.05) is 53.6 Å². The van der Waals surface area contributed by atoms with Crippen molar-refractivity contribution >= 4 is 39.2 Å². The van der Waals surface area contributed by atoms with Gasteiger partial charge in [-0.3, -0.25) is 14.9 Å². The van der Waals surface area contributed by atoms with Gasteiger partial charge < -0.3 is 9.88 Å². The Kier molecular flexibility index (Phi) is 5.03. The van der Waals surface area contributed by atoms with Crippen LogP contribution >= 0.6 is 11.3 Å². The zero-order valence-electron chi connectivity index (χ0n) is 17.1. The van der Waals surface area contributed by atoms with Gasteiger partial charge in [0.25, 0.3) is 5.91 Å². The highest BCUT2D eigenvalue weighted by Gasteiger charge is 2.20. The van der Waals surface area contributed by atoms with Crippen molar-refractivity contribution in [1.82, 2.24) is 14.9 Å². The van der Waals surface area contributed by atoms with Crippen LogP contribution in [0.25, 0.3) is 22.2 Å². The molecule has 2 aromatic carbocycles. The molecule has 2 aromatic heterocycles. The van der Waals surface area contributed by atoms with Gasteiger partial charge >= 0.3 is 0 Å². The minimum absolute atomic E-state index is 0.178. The zero-order chi connectivity index (χ0) is 21.4. The first kappa shape index (κ1) is 19.5. The van der Waals surface area contributed by atoms with Crippen LogP contribution in [0.15, 0.2) is 53.9 Å². The molecule has 2 amide bonds. The first-order valence-electron chi connectivity index (χ1n) is 10.3. The summed E-state index contributed by atoms with van der Waals surface area (Å²) in [6.45, 7) is 3.36. The van der Waals surface area contributed by atoms with Crippen molar-refractivity contribution in [2.75, 3.05) is 11.9 Å². The first-order valence-corrected chi connectivity index (χ1v) is 11.2. The molecule has 0 atom stereocenters. The van der Waals surface area contributed by atoms with E-state index in [0.717, 1.165) is 46.4 Å². The van der Waals surface area contributed by atoms with E-state index in [9.17, 15) is 9.59 Å². The highest BCUT2D eigenvalue weighted by molar-refractivity contribution is 7.14. The third kappa shape index (κ3) is 3.84. The molecule has 1 fully saturated rings. The van der Waals surface area contributed by atoms with Crippen LogP contribution in [0.4, 0.5) is 5.13 Å². The second kappa shape index (κ2) is 8.00. The highest BCUT2D eigenvalue weighted by Crippen LogP contribution is 2.34. The monoisotopic (exact) mass is 430 g/mol. The lowest BCUT2D eigenvalue weighted by Crippen LogP contribution is -2.24. The van der Waals surface area contributed by atoms with E-state index in [0.29, 0.717) is 23.7 Å². The molecule has 1 saturated heterocycles. The third-order valence-electron chi connectivity index (χ3n) is 5.61. The van der Waals surface area contributed by atoms with Gasteiger partial charge in [0.2, 0.25) is 5.91 Å². The molecule has 1 aliphatic rings. The number of thiazole rings is 1. The Morgan fingerprint density at radius 1 is 1.23 bits per heavy atom. The molecule has 3 heterocycles. The molecule has 2 N–H and O–H groups in total. The van der Waals surface area contributed by atoms with Gasteiger partial charge in [0.15, 0.2) is 5.13 Å². The van der Waals surface area contributed by atoms with Crippen molar-refractivity contribution in [3.63, 3.8) is 0 Å². The number of aromatic amines is 1. The lowest BCUT2D eigenvalue weighted by atomic mass is 10.1. The van der Waals surface area contributed by atoms with Crippen LogP contribution in [0.5, 0.6) is 0 Å². The topological polar surface area (TPSA) is 78.1 Å². The molecule has 5 rings (SSSR count). The Morgan fingerprint density at radius 3 is 2.94 bits per heavy atom. The normalized spacial score (nSPS) is 13.8. The summed E-state index contributed by atoms with van der Waals surface area (Å²) in [7, 11) is 0. The lowest BCUT2D eigenvalue weighted by Gasteiger charge is -2.15. The number of hydrogen-bond donors (Lipinski definition) is 2. The molecular weight excluding hydrogens is 408 g/mol. The van der Waals surface area contributed by atoms with Crippen molar-refractivity contribution in [2.24, 2.45) is 0 Å². The summed E-state index contributed by atoms with van der Waals surface area (Å²) in [4.78, 5) is 34.6. The maximum atomic E-state index is 12.8. The largest absolute Gasteiger partial charge is 0.358 e. The fourth-order valence-electron chi connectivity index (χ4n) is 4.12. The predicted octanol–water partition coefficient (Wildman–Crippen LogP) is 4.97. The van der Waals surface area contributed by atoms with E-state index in [1.165, 1.54) is 11.3 Å². The minimum Gasteiger partial charge on any atom is -0.358 e. The van der Waals surface area contributed by atoms with Crippen LogP contribution in [-0.4, -0.2) is 33.2 Å². The Balaban J connectivity index is 1.34. The molecule has 4 aromatic rings. The smallest absolute Gasteiger partial charge is 0.257 e. The molecule has 1 aliphatic heterocycles. The van der Waals surface area contributed by atoms with Crippen molar-refractivity contribution in [2.45, 2.75) is 26.3 Å². The summed E-state index contributed by atoms with van der Waals surface area (Å²) in [5, 5.41) is 6.56. The van der Waals surface area contributed by atoms with Crippen LogP contribution in [0, 0.1) is 6.92 Å².